The van der Waals surface area contributed by atoms with Crippen LogP contribution in [-0.2, 0) is 20.1 Å². The topological polar surface area (TPSA) is 50.1 Å². The van der Waals surface area contributed by atoms with Gasteiger partial charge in [0.05, 0.1) is 6.54 Å². The Morgan fingerprint density at radius 1 is 1.38 bits per heavy atom. The normalized spacial score (nSPS) is 10.6. The molecule has 0 bridgehead atoms. The molecule has 0 aliphatic rings. The Kier molecular flexibility index (Phi) is 3.22. The van der Waals surface area contributed by atoms with Crippen LogP contribution < -0.4 is 5.32 Å². The first-order chi connectivity index (χ1) is 7.75. The first-order valence-electron chi connectivity index (χ1n) is 5.20. The number of rotatable bonds is 4. The van der Waals surface area contributed by atoms with Gasteiger partial charge >= 0.3 is 0 Å². The molecular formula is C12H15N3O. The molecule has 0 saturated heterocycles. The van der Waals surface area contributed by atoms with E-state index in [9.17, 15) is 5.11 Å². The molecule has 0 atom stereocenters. The van der Waals surface area contributed by atoms with Gasteiger partial charge in [0, 0.05) is 26.0 Å². The Bertz CT molecular complexity index is 465. The van der Waals surface area contributed by atoms with Crippen molar-refractivity contribution in [3.63, 3.8) is 0 Å². The highest BCUT2D eigenvalue weighted by atomic mass is 16.3. The van der Waals surface area contributed by atoms with E-state index in [0.29, 0.717) is 5.75 Å². The summed E-state index contributed by atoms with van der Waals surface area (Å²) in [5.41, 5.74) is 1.06. The Hall–Kier alpha value is -1.81. The molecule has 0 unspecified atom stereocenters. The van der Waals surface area contributed by atoms with Gasteiger partial charge in [-0.15, -0.1) is 0 Å². The van der Waals surface area contributed by atoms with Crippen molar-refractivity contribution in [3.05, 3.63) is 48.0 Å². The van der Waals surface area contributed by atoms with Crippen molar-refractivity contribution in [2.75, 3.05) is 0 Å². The standard InChI is InChI=1S/C12H15N3O/c1-15-6-5-14-12(15)9-13-8-10-3-2-4-11(16)7-10/h2-7,13,16H,8-9H2,1H3. The first-order valence-corrected chi connectivity index (χ1v) is 5.20. The molecule has 1 aromatic heterocycles. The number of aryl methyl sites for hydroxylation is 1. The lowest BCUT2D eigenvalue weighted by atomic mass is 10.2. The predicted octanol–water partition coefficient (Wildman–Crippen LogP) is 1.42. The molecule has 1 heterocycles. The van der Waals surface area contributed by atoms with Crippen LogP contribution in [0.4, 0.5) is 0 Å². The van der Waals surface area contributed by atoms with E-state index in [1.54, 1.807) is 18.3 Å². The van der Waals surface area contributed by atoms with Crippen molar-refractivity contribution >= 4 is 0 Å². The summed E-state index contributed by atoms with van der Waals surface area (Å²) in [5.74, 6) is 1.30. The lowest BCUT2D eigenvalue weighted by Crippen LogP contribution is -2.15. The van der Waals surface area contributed by atoms with Crippen LogP contribution in [-0.4, -0.2) is 14.7 Å². The summed E-state index contributed by atoms with van der Waals surface area (Å²) in [6, 6.07) is 7.24. The zero-order chi connectivity index (χ0) is 11.4. The van der Waals surface area contributed by atoms with Crippen LogP contribution in [0.5, 0.6) is 5.75 Å². The lowest BCUT2D eigenvalue weighted by Gasteiger charge is -2.05. The van der Waals surface area contributed by atoms with Crippen LogP contribution in [0, 0.1) is 0 Å². The van der Waals surface area contributed by atoms with E-state index in [4.69, 9.17) is 0 Å². The van der Waals surface area contributed by atoms with Crippen molar-refractivity contribution in [2.45, 2.75) is 13.1 Å². The number of aromatic hydroxyl groups is 1. The molecule has 0 fully saturated rings. The Morgan fingerprint density at radius 2 is 2.25 bits per heavy atom. The molecule has 0 aliphatic carbocycles. The van der Waals surface area contributed by atoms with Crippen LogP contribution in [0.25, 0.3) is 0 Å². The molecule has 0 aliphatic heterocycles. The van der Waals surface area contributed by atoms with Gasteiger partial charge in [0.2, 0.25) is 0 Å². The van der Waals surface area contributed by atoms with Crippen molar-refractivity contribution in [2.24, 2.45) is 7.05 Å². The molecule has 84 valence electrons. The van der Waals surface area contributed by atoms with Crippen molar-refractivity contribution in [1.29, 1.82) is 0 Å². The molecule has 2 N–H and O–H groups in total. The average molecular weight is 217 g/mol. The quantitative estimate of drug-likeness (QED) is 0.814. The molecule has 2 rings (SSSR count). The summed E-state index contributed by atoms with van der Waals surface area (Å²) in [4.78, 5) is 4.22. The van der Waals surface area contributed by atoms with Gasteiger partial charge in [-0.1, -0.05) is 12.1 Å². The maximum absolute atomic E-state index is 9.30. The smallest absolute Gasteiger partial charge is 0.122 e. The fraction of sp³-hybridized carbons (Fsp3) is 0.250. The average Bonchev–Trinajstić information content (AvgIpc) is 2.65. The van der Waals surface area contributed by atoms with Gasteiger partial charge in [-0.3, -0.25) is 0 Å². The molecular weight excluding hydrogens is 202 g/mol. The van der Waals surface area contributed by atoms with E-state index in [1.807, 2.05) is 29.9 Å². The third-order valence-electron chi connectivity index (χ3n) is 2.44. The monoisotopic (exact) mass is 217 g/mol. The zero-order valence-electron chi connectivity index (χ0n) is 9.22. The molecule has 2 aromatic rings. The fourth-order valence-corrected chi connectivity index (χ4v) is 1.55. The maximum atomic E-state index is 9.30. The van der Waals surface area contributed by atoms with Crippen LogP contribution in [0.1, 0.15) is 11.4 Å². The predicted molar refractivity (Wildman–Crippen MR) is 61.9 cm³/mol. The van der Waals surface area contributed by atoms with Crippen LogP contribution in [0.3, 0.4) is 0 Å². The minimum Gasteiger partial charge on any atom is -0.508 e. The van der Waals surface area contributed by atoms with Crippen molar-refractivity contribution in [3.8, 4) is 5.75 Å². The Morgan fingerprint density at radius 3 is 2.94 bits per heavy atom. The van der Waals surface area contributed by atoms with E-state index in [2.05, 4.69) is 10.3 Å². The zero-order valence-corrected chi connectivity index (χ0v) is 9.22. The number of imidazole rings is 1. The SMILES string of the molecule is Cn1ccnc1CNCc1cccc(O)c1. The summed E-state index contributed by atoms with van der Waals surface area (Å²) in [7, 11) is 1.97. The number of benzene rings is 1. The minimum absolute atomic E-state index is 0.302. The molecule has 4 nitrogen and oxygen atoms in total. The number of nitrogens with one attached hydrogen (secondary N) is 1. The number of hydrogen-bond donors (Lipinski definition) is 2. The van der Waals surface area contributed by atoms with Crippen molar-refractivity contribution < 1.29 is 5.11 Å². The highest BCUT2D eigenvalue weighted by molar-refractivity contribution is 5.26. The molecule has 0 amide bonds. The number of phenols is 1. The fourth-order valence-electron chi connectivity index (χ4n) is 1.55. The number of phenolic OH excluding ortho intramolecular Hbond substituents is 1. The first kappa shape index (κ1) is 10.7. The van der Waals surface area contributed by atoms with E-state index < -0.39 is 0 Å². The van der Waals surface area contributed by atoms with Gasteiger partial charge in [0.25, 0.3) is 0 Å². The summed E-state index contributed by atoms with van der Waals surface area (Å²) in [6.07, 6.45) is 3.71. The van der Waals surface area contributed by atoms with E-state index in [0.717, 1.165) is 24.5 Å². The van der Waals surface area contributed by atoms with Gasteiger partial charge in [-0.2, -0.15) is 0 Å². The van der Waals surface area contributed by atoms with Gasteiger partial charge in [0.15, 0.2) is 0 Å². The van der Waals surface area contributed by atoms with E-state index in [1.165, 1.54) is 0 Å². The van der Waals surface area contributed by atoms with E-state index in [-0.39, 0.29) is 0 Å². The third-order valence-corrected chi connectivity index (χ3v) is 2.44. The highest BCUT2D eigenvalue weighted by Crippen LogP contribution is 2.10. The van der Waals surface area contributed by atoms with Crippen LogP contribution in [0.2, 0.25) is 0 Å². The van der Waals surface area contributed by atoms with Gasteiger partial charge < -0.3 is 15.0 Å². The second-order valence-electron chi connectivity index (χ2n) is 3.73. The Balaban J connectivity index is 1.87. The number of nitrogens with zero attached hydrogens (tertiary/aromatic N) is 2. The van der Waals surface area contributed by atoms with Crippen LogP contribution in [0.15, 0.2) is 36.7 Å². The summed E-state index contributed by atoms with van der Waals surface area (Å²) >= 11 is 0. The minimum atomic E-state index is 0.302. The molecule has 0 radical (unpaired) electrons. The largest absolute Gasteiger partial charge is 0.508 e. The van der Waals surface area contributed by atoms with Gasteiger partial charge in [0.1, 0.15) is 11.6 Å². The summed E-state index contributed by atoms with van der Waals surface area (Å²) < 4.78 is 1.98. The number of hydrogen-bond acceptors (Lipinski definition) is 3. The molecule has 0 saturated carbocycles. The second kappa shape index (κ2) is 4.81. The number of aromatic nitrogens is 2. The third kappa shape index (κ3) is 2.61. The highest BCUT2D eigenvalue weighted by Gasteiger charge is 1.98. The molecule has 16 heavy (non-hydrogen) atoms. The maximum Gasteiger partial charge on any atom is 0.122 e. The molecule has 1 aromatic carbocycles. The summed E-state index contributed by atoms with van der Waals surface area (Å²) in [6.45, 7) is 1.44. The van der Waals surface area contributed by atoms with Gasteiger partial charge in [-0.05, 0) is 17.7 Å². The summed E-state index contributed by atoms with van der Waals surface area (Å²) in [5, 5.41) is 12.6. The molecule has 4 heteroatoms. The Labute approximate surface area is 94.6 Å². The van der Waals surface area contributed by atoms with Crippen LogP contribution >= 0.6 is 0 Å². The van der Waals surface area contributed by atoms with E-state index >= 15 is 0 Å². The van der Waals surface area contributed by atoms with Gasteiger partial charge in [-0.25, -0.2) is 4.98 Å². The van der Waals surface area contributed by atoms with Crippen molar-refractivity contribution in [1.82, 2.24) is 14.9 Å². The lowest BCUT2D eigenvalue weighted by molar-refractivity contribution is 0.474. The molecule has 0 spiro atoms. The second-order valence-corrected chi connectivity index (χ2v) is 3.73.